The molecule has 0 spiro atoms. The van der Waals surface area contributed by atoms with E-state index in [0.29, 0.717) is 6.42 Å². The number of hydrogen-bond donors (Lipinski definition) is 2. The van der Waals surface area contributed by atoms with E-state index in [4.69, 9.17) is 0 Å². The highest BCUT2D eigenvalue weighted by Crippen LogP contribution is 2.01. The molecule has 0 saturated heterocycles. The van der Waals surface area contributed by atoms with Crippen molar-refractivity contribution in [2.45, 2.75) is 40.0 Å². The molecule has 0 radical (unpaired) electrons. The molecular formula is C11H24N2O. The first-order valence-electron chi connectivity index (χ1n) is 5.64. The summed E-state index contributed by atoms with van der Waals surface area (Å²) in [6.45, 7) is 8.98. The maximum atomic E-state index is 11.2. The van der Waals surface area contributed by atoms with Crippen LogP contribution in [-0.2, 0) is 4.79 Å². The summed E-state index contributed by atoms with van der Waals surface area (Å²) in [5, 5.41) is 6.04. The molecule has 0 heterocycles. The minimum atomic E-state index is 0.162. The van der Waals surface area contributed by atoms with Crippen LogP contribution in [0.5, 0.6) is 0 Å². The first-order chi connectivity index (χ1) is 6.66. The van der Waals surface area contributed by atoms with Gasteiger partial charge >= 0.3 is 0 Å². The van der Waals surface area contributed by atoms with Crippen molar-refractivity contribution in [1.82, 2.24) is 10.6 Å². The molecule has 0 atom stereocenters. The van der Waals surface area contributed by atoms with Crippen LogP contribution in [0.25, 0.3) is 0 Å². The van der Waals surface area contributed by atoms with Gasteiger partial charge in [0.05, 0.1) is 0 Å². The van der Waals surface area contributed by atoms with Crippen molar-refractivity contribution in [1.29, 1.82) is 0 Å². The molecule has 3 nitrogen and oxygen atoms in total. The highest BCUT2D eigenvalue weighted by atomic mass is 16.1. The van der Waals surface area contributed by atoms with Crippen molar-refractivity contribution in [3.05, 3.63) is 0 Å². The molecule has 2 N–H and O–H groups in total. The van der Waals surface area contributed by atoms with E-state index in [-0.39, 0.29) is 5.91 Å². The monoisotopic (exact) mass is 200 g/mol. The molecule has 14 heavy (non-hydrogen) atoms. The van der Waals surface area contributed by atoms with Gasteiger partial charge in [-0.1, -0.05) is 20.8 Å². The van der Waals surface area contributed by atoms with Crippen LogP contribution in [0.4, 0.5) is 0 Å². The Morgan fingerprint density at radius 1 is 1.29 bits per heavy atom. The zero-order chi connectivity index (χ0) is 10.8. The van der Waals surface area contributed by atoms with Crippen molar-refractivity contribution in [3.63, 3.8) is 0 Å². The van der Waals surface area contributed by atoms with Gasteiger partial charge in [-0.2, -0.15) is 0 Å². The molecule has 0 unspecified atom stereocenters. The van der Waals surface area contributed by atoms with Gasteiger partial charge in [-0.15, -0.1) is 0 Å². The minimum Gasteiger partial charge on any atom is -0.356 e. The van der Waals surface area contributed by atoms with Gasteiger partial charge < -0.3 is 10.6 Å². The van der Waals surface area contributed by atoms with E-state index in [1.165, 1.54) is 6.42 Å². The van der Waals surface area contributed by atoms with Gasteiger partial charge in [0.2, 0.25) is 5.91 Å². The maximum absolute atomic E-state index is 11.2. The van der Waals surface area contributed by atoms with Crippen molar-refractivity contribution in [2.24, 2.45) is 5.92 Å². The Morgan fingerprint density at radius 3 is 2.57 bits per heavy atom. The van der Waals surface area contributed by atoms with E-state index in [1.54, 1.807) is 0 Å². The predicted octanol–water partition coefficient (Wildman–Crippen LogP) is 1.54. The number of carbonyl (C=O) groups excluding carboxylic acids is 1. The van der Waals surface area contributed by atoms with Crippen LogP contribution in [0.3, 0.4) is 0 Å². The summed E-state index contributed by atoms with van der Waals surface area (Å²) < 4.78 is 0. The molecule has 0 rings (SSSR count). The van der Waals surface area contributed by atoms with Crippen LogP contribution in [0, 0.1) is 5.92 Å². The lowest BCUT2D eigenvalue weighted by Gasteiger charge is -2.06. The Hall–Kier alpha value is -0.570. The second-order valence-corrected chi connectivity index (χ2v) is 3.99. The Balaban J connectivity index is 3.18. The lowest BCUT2D eigenvalue weighted by molar-refractivity contribution is -0.121. The molecule has 0 aromatic carbocycles. The SMILES string of the molecule is CCNCCC(=O)NCCCC(C)C. The van der Waals surface area contributed by atoms with Crippen LogP contribution < -0.4 is 10.6 Å². The van der Waals surface area contributed by atoms with Crippen LogP contribution in [-0.4, -0.2) is 25.5 Å². The Bertz CT molecular complexity index is 146. The summed E-state index contributed by atoms with van der Waals surface area (Å²) in [4.78, 5) is 11.2. The van der Waals surface area contributed by atoms with E-state index < -0.39 is 0 Å². The van der Waals surface area contributed by atoms with Crippen LogP contribution in [0.1, 0.15) is 40.0 Å². The fraction of sp³-hybridized carbons (Fsp3) is 0.909. The first kappa shape index (κ1) is 13.4. The van der Waals surface area contributed by atoms with E-state index in [1.807, 2.05) is 6.92 Å². The second kappa shape index (κ2) is 9.00. The molecular weight excluding hydrogens is 176 g/mol. The van der Waals surface area contributed by atoms with Crippen molar-refractivity contribution >= 4 is 5.91 Å². The Kier molecular flexibility index (Phi) is 8.64. The summed E-state index contributed by atoms with van der Waals surface area (Å²) in [6, 6.07) is 0. The molecule has 0 bridgehead atoms. The normalized spacial score (nSPS) is 10.6. The van der Waals surface area contributed by atoms with Gasteiger partial charge in [0.1, 0.15) is 0 Å². The van der Waals surface area contributed by atoms with Crippen LogP contribution in [0.15, 0.2) is 0 Å². The quantitative estimate of drug-likeness (QED) is 0.584. The molecule has 0 aromatic heterocycles. The van der Waals surface area contributed by atoms with Gasteiger partial charge in [0.25, 0.3) is 0 Å². The number of rotatable bonds is 8. The minimum absolute atomic E-state index is 0.162. The summed E-state index contributed by atoms with van der Waals surface area (Å²) >= 11 is 0. The number of carbonyl (C=O) groups is 1. The summed E-state index contributed by atoms with van der Waals surface area (Å²) in [5.41, 5.74) is 0. The van der Waals surface area contributed by atoms with Crippen molar-refractivity contribution in [3.8, 4) is 0 Å². The second-order valence-electron chi connectivity index (χ2n) is 3.99. The molecule has 1 amide bonds. The van der Waals surface area contributed by atoms with Gasteiger partial charge in [-0.05, 0) is 25.3 Å². The van der Waals surface area contributed by atoms with Gasteiger partial charge in [0, 0.05) is 19.5 Å². The van der Waals surface area contributed by atoms with E-state index in [9.17, 15) is 4.79 Å². The summed E-state index contributed by atoms with van der Waals surface area (Å²) in [6.07, 6.45) is 2.87. The van der Waals surface area contributed by atoms with E-state index >= 15 is 0 Å². The maximum Gasteiger partial charge on any atom is 0.221 e. The molecule has 0 aliphatic heterocycles. The summed E-state index contributed by atoms with van der Waals surface area (Å²) in [7, 11) is 0. The smallest absolute Gasteiger partial charge is 0.221 e. The van der Waals surface area contributed by atoms with Gasteiger partial charge in [-0.25, -0.2) is 0 Å². The topological polar surface area (TPSA) is 41.1 Å². The molecule has 0 aromatic rings. The molecule has 0 aliphatic rings. The standard InChI is InChI=1S/C11H24N2O/c1-4-12-9-7-11(14)13-8-5-6-10(2)3/h10,12H,4-9H2,1-3H3,(H,13,14). The van der Waals surface area contributed by atoms with Gasteiger partial charge in [-0.3, -0.25) is 4.79 Å². The number of hydrogen-bond acceptors (Lipinski definition) is 2. The molecule has 84 valence electrons. The first-order valence-corrected chi connectivity index (χ1v) is 5.64. The fourth-order valence-corrected chi connectivity index (χ4v) is 1.21. The number of nitrogens with one attached hydrogen (secondary N) is 2. The lowest BCUT2D eigenvalue weighted by Crippen LogP contribution is -2.28. The molecule has 0 fully saturated rings. The van der Waals surface area contributed by atoms with Gasteiger partial charge in [0.15, 0.2) is 0 Å². The lowest BCUT2D eigenvalue weighted by atomic mass is 10.1. The third-order valence-corrected chi connectivity index (χ3v) is 2.06. The average Bonchev–Trinajstić information content (AvgIpc) is 2.13. The summed E-state index contributed by atoms with van der Waals surface area (Å²) in [5.74, 6) is 0.892. The van der Waals surface area contributed by atoms with Crippen LogP contribution in [0.2, 0.25) is 0 Å². The predicted molar refractivity (Wildman–Crippen MR) is 60.2 cm³/mol. The van der Waals surface area contributed by atoms with E-state index in [0.717, 1.165) is 32.0 Å². The third kappa shape index (κ3) is 9.52. The Labute approximate surface area is 87.6 Å². The largest absolute Gasteiger partial charge is 0.356 e. The fourth-order valence-electron chi connectivity index (χ4n) is 1.21. The van der Waals surface area contributed by atoms with Crippen molar-refractivity contribution < 1.29 is 4.79 Å². The third-order valence-electron chi connectivity index (χ3n) is 2.06. The van der Waals surface area contributed by atoms with Crippen LogP contribution >= 0.6 is 0 Å². The molecule has 0 saturated carbocycles. The Morgan fingerprint density at radius 2 is 2.00 bits per heavy atom. The van der Waals surface area contributed by atoms with E-state index in [2.05, 4.69) is 24.5 Å². The average molecular weight is 200 g/mol. The molecule has 0 aliphatic carbocycles. The zero-order valence-corrected chi connectivity index (χ0v) is 9.73. The highest BCUT2D eigenvalue weighted by molar-refractivity contribution is 5.75. The van der Waals surface area contributed by atoms with Crippen molar-refractivity contribution in [2.75, 3.05) is 19.6 Å². The number of amides is 1. The zero-order valence-electron chi connectivity index (χ0n) is 9.73. The highest BCUT2D eigenvalue weighted by Gasteiger charge is 1.99. The molecule has 3 heteroatoms.